The van der Waals surface area contributed by atoms with E-state index in [9.17, 15) is 18.4 Å². The Labute approximate surface area is 203 Å². The number of ketones is 1. The first kappa shape index (κ1) is 24.1. The predicted octanol–water partition coefficient (Wildman–Crippen LogP) is 4.74. The van der Waals surface area contributed by atoms with E-state index in [1.165, 1.54) is 31.4 Å². The Kier molecular flexibility index (Phi) is 7.51. The van der Waals surface area contributed by atoms with Crippen molar-refractivity contribution in [3.63, 3.8) is 0 Å². The number of aromatic nitrogens is 3. The molecule has 1 heterocycles. The van der Waals surface area contributed by atoms with Crippen LogP contribution in [0.2, 0.25) is 0 Å². The van der Waals surface area contributed by atoms with Gasteiger partial charge in [-0.25, -0.2) is 8.78 Å². The van der Waals surface area contributed by atoms with Gasteiger partial charge in [-0.1, -0.05) is 30.0 Å². The number of esters is 1. The van der Waals surface area contributed by atoms with Gasteiger partial charge in [-0.05, 0) is 54.6 Å². The Hall–Kier alpha value is -4.05. The summed E-state index contributed by atoms with van der Waals surface area (Å²) in [5.74, 6) is -1.72. The zero-order valence-electron chi connectivity index (χ0n) is 18.5. The molecule has 0 fully saturated rings. The van der Waals surface area contributed by atoms with Crippen LogP contribution in [0.5, 0.6) is 5.75 Å². The molecule has 0 radical (unpaired) electrons. The number of Topliss-reactive ketones (excluding diaryl/α,β-unsaturated/α-hetero) is 1. The minimum atomic E-state index is -0.662. The second-order valence-electron chi connectivity index (χ2n) is 7.20. The lowest BCUT2D eigenvalue weighted by Gasteiger charge is -2.10. The van der Waals surface area contributed by atoms with Crippen molar-refractivity contribution in [1.29, 1.82) is 0 Å². The van der Waals surface area contributed by atoms with Crippen molar-refractivity contribution in [2.24, 2.45) is 0 Å². The number of methoxy groups -OCH3 is 1. The maximum atomic E-state index is 13.5. The Balaban J connectivity index is 1.47. The van der Waals surface area contributed by atoms with Gasteiger partial charge in [0.1, 0.15) is 17.4 Å². The van der Waals surface area contributed by atoms with Crippen LogP contribution in [0, 0.1) is 11.6 Å². The van der Waals surface area contributed by atoms with E-state index in [0.717, 1.165) is 23.5 Å². The van der Waals surface area contributed by atoms with E-state index < -0.39 is 24.2 Å². The summed E-state index contributed by atoms with van der Waals surface area (Å²) < 4.78 is 38.8. The Morgan fingerprint density at radius 1 is 0.943 bits per heavy atom. The fourth-order valence-electron chi connectivity index (χ4n) is 3.25. The van der Waals surface area contributed by atoms with E-state index in [2.05, 4.69) is 10.2 Å². The molecule has 0 aliphatic heterocycles. The lowest BCUT2D eigenvalue weighted by molar-refractivity contribution is -0.139. The first-order valence-electron chi connectivity index (χ1n) is 10.4. The normalized spacial score (nSPS) is 10.7. The van der Waals surface area contributed by atoms with Crippen molar-refractivity contribution < 1.29 is 27.8 Å². The maximum absolute atomic E-state index is 13.5. The van der Waals surface area contributed by atoms with Crippen molar-refractivity contribution in [1.82, 2.24) is 14.8 Å². The van der Waals surface area contributed by atoms with Crippen LogP contribution < -0.4 is 4.74 Å². The molecule has 0 saturated carbocycles. The second-order valence-corrected chi connectivity index (χ2v) is 8.14. The molecule has 0 unspecified atom stereocenters. The van der Waals surface area contributed by atoms with Crippen LogP contribution in [0.3, 0.4) is 0 Å². The molecule has 0 saturated heterocycles. The lowest BCUT2D eigenvalue weighted by atomic mass is 10.1. The quantitative estimate of drug-likeness (QED) is 0.188. The molecule has 0 N–H and O–H groups in total. The van der Waals surface area contributed by atoms with Crippen molar-refractivity contribution in [3.05, 3.63) is 90.0 Å². The van der Waals surface area contributed by atoms with Gasteiger partial charge in [0.05, 0.1) is 18.4 Å². The van der Waals surface area contributed by atoms with Crippen LogP contribution in [0.4, 0.5) is 8.78 Å². The smallest absolute Gasteiger partial charge is 0.316 e. The monoisotopic (exact) mass is 495 g/mol. The van der Waals surface area contributed by atoms with Gasteiger partial charge in [-0.2, -0.15) is 0 Å². The second kappa shape index (κ2) is 10.9. The summed E-state index contributed by atoms with van der Waals surface area (Å²) in [6, 6.07) is 18.6. The molecule has 0 amide bonds. The number of halogens is 2. The van der Waals surface area contributed by atoms with Gasteiger partial charge in [0.25, 0.3) is 0 Å². The first-order valence-corrected chi connectivity index (χ1v) is 11.4. The van der Waals surface area contributed by atoms with Gasteiger partial charge in [0.15, 0.2) is 17.6 Å². The highest BCUT2D eigenvalue weighted by Crippen LogP contribution is 2.28. The van der Waals surface area contributed by atoms with Crippen molar-refractivity contribution in [3.8, 4) is 22.8 Å². The molecule has 0 spiro atoms. The third kappa shape index (κ3) is 5.72. The van der Waals surface area contributed by atoms with Crippen LogP contribution in [0.15, 0.2) is 78.0 Å². The predicted molar refractivity (Wildman–Crippen MR) is 126 cm³/mol. The summed E-state index contributed by atoms with van der Waals surface area (Å²) in [7, 11) is 1.36. The molecule has 0 atom stereocenters. The molecule has 10 heteroatoms. The van der Waals surface area contributed by atoms with Gasteiger partial charge in [-0.3, -0.25) is 14.2 Å². The molecular formula is C25H19F2N3O4S. The highest BCUT2D eigenvalue weighted by molar-refractivity contribution is 7.99. The number of para-hydroxylation sites is 1. The van der Waals surface area contributed by atoms with Crippen LogP contribution in [-0.4, -0.2) is 46.0 Å². The van der Waals surface area contributed by atoms with Gasteiger partial charge in [0.2, 0.25) is 5.78 Å². The summed E-state index contributed by atoms with van der Waals surface area (Å²) in [5, 5.41) is 8.82. The van der Waals surface area contributed by atoms with E-state index in [0.29, 0.717) is 16.5 Å². The van der Waals surface area contributed by atoms with Gasteiger partial charge in [-0.15, -0.1) is 10.2 Å². The Bertz CT molecular complexity index is 1340. The largest absolute Gasteiger partial charge is 0.496 e. The van der Waals surface area contributed by atoms with E-state index in [1.54, 1.807) is 16.7 Å². The molecule has 0 bridgehead atoms. The van der Waals surface area contributed by atoms with Crippen molar-refractivity contribution >= 4 is 23.5 Å². The first-order chi connectivity index (χ1) is 17.0. The number of thioether (sulfide) groups is 1. The van der Waals surface area contributed by atoms with Crippen molar-refractivity contribution in [2.45, 2.75) is 5.16 Å². The number of hydrogen-bond donors (Lipinski definition) is 0. The summed E-state index contributed by atoms with van der Waals surface area (Å²) in [4.78, 5) is 24.7. The number of carbonyl (C=O) groups is 2. The molecule has 4 rings (SSSR count). The van der Waals surface area contributed by atoms with Crippen LogP contribution >= 0.6 is 11.8 Å². The zero-order valence-corrected chi connectivity index (χ0v) is 19.3. The fraction of sp³-hybridized carbons (Fsp3) is 0.120. The molecule has 1 aromatic heterocycles. The summed E-state index contributed by atoms with van der Waals surface area (Å²) in [5.41, 5.74) is 1.38. The van der Waals surface area contributed by atoms with E-state index in [-0.39, 0.29) is 22.9 Å². The Morgan fingerprint density at radius 3 is 2.37 bits per heavy atom. The molecule has 178 valence electrons. The Morgan fingerprint density at radius 2 is 1.66 bits per heavy atom. The minimum Gasteiger partial charge on any atom is -0.496 e. The highest BCUT2D eigenvalue weighted by atomic mass is 32.2. The number of benzene rings is 3. The number of rotatable bonds is 9. The number of hydrogen-bond acceptors (Lipinski definition) is 7. The zero-order chi connectivity index (χ0) is 24.8. The molecule has 7 nitrogen and oxygen atoms in total. The number of nitrogens with zero attached hydrogens (tertiary/aromatic N) is 3. The molecular weight excluding hydrogens is 476 g/mol. The van der Waals surface area contributed by atoms with Gasteiger partial charge >= 0.3 is 5.97 Å². The SMILES string of the molecule is COc1ccc(F)cc1C(=O)COC(=O)CSc1nnc(-c2ccc(F)cc2)n1-c1ccccc1. The van der Waals surface area contributed by atoms with E-state index >= 15 is 0 Å². The average molecular weight is 496 g/mol. The highest BCUT2D eigenvalue weighted by Gasteiger charge is 2.19. The fourth-order valence-corrected chi connectivity index (χ4v) is 4.00. The third-order valence-electron chi connectivity index (χ3n) is 4.90. The van der Waals surface area contributed by atoms with Crippen molar-refractivity contribution in [2.75, 3.05) is 19.5 Å². The van der Waals surface area contributed by atoms with E-state index in [1.807, 2.05) is 30.3 Å². The van der Waals surface area contributed by atoms with Gasteiger partial charge < -0.3 is 9.47 Å². The molecule has 4 aromatic rings. The maximum Gasteiger partial charge on any atom is 0.316 e. The number of carbonyl (C=O) groups excluding carboxylic acids is 2. The topological polar surface area (TPSA) is 83.3 Å². The summed E-state index contributed by atoms with van der Waals surface area (Å²) >= 11 is 1.07. The molecule has 3 aromatic carbocycles. The van der Waals surface area contributed by atoms with Crippen LogP contribution in [0.1, 0.15) is 10.4 Å². The average Bonchev–Trinajstić information content (AvgIpc) is 3.31. The van der Waals surface area contributed by atoms with Gasteiger partial charge in [0, 0.05) is 11.3 Å². The van der Waals surface area contributed by atoms with Crippen LogP contribution in [0.25, 0.3) is 17.1 Å². The standard InChI is InChI=1S/C25H19F2N3O4S/c1-33-22-12-11-18(27)13-20(22)21(31)14-34-23(32)15-35-25-29-28-24(16-7-9-17(26)10-8-16)30(25)19-5-3-2-4-6-19/h2-13H,14-15H2,1H3. The molecule has 0 aliphatic carbocycles. The third-order valence-corrected chi connectivity index (χ3v) is 5.80. The summed E-state index contributed by atoms with van der Waals surface area (Å²) in [6.07, 6.45) is 0. The minimum absolute atomic E-state index is 0.0132. The number of ether oxygens (including phenoxy) is 2. The van der Waals surface area contributed by atoms with Crippen LogP contribution in [-0.2, 0) is 9.53 Å². The summed E-state index contributed by atoms with van der Waals surface area (Å²) in [6.45, 7) is -0.564. The molecule has 0 aliphatic rings. The van der Waals surface area contributed by atoms with E-state index in [4.69, 9.17) is 9.47 Å². The lowest BCUT2D eigenvalue weighted by Crippen LogP contribution is -2.16. The molecule has 35 heavy (non-hydrogen) atoms.